The molecule has 6 heteroatoms. The molecule has 0 aliphatic heterocycles. The van der Waals surface area contributed by atoms with E-state index in [1.165, 1.54) is 11.3 Å². The summed E-state index contributed by atoms with van der Waals surface area (Å²) in [5.74, 6) is 0.475. The number of halogens is 1. The van der Waals surface area contributed by atoms with Crippen molar-refractivity contribution in [3.05, 3.63) is 69.6 Å². The number of aromatic nitrogens is 1. The molecule has 0 fully saturated rings. The lowest BCUT2D eigenvalue weighted by Crippen LogP contribution is -2.31. The average Bonchev–Trinajstić information content (AvgIpc) is 3.19. The van der Waals surface area contributed by atoms with E-state index in [2.05, 4.69) is 15.9 Å². The number of benzene rings is 2. The van der Waals surface area contributed by atoms with E-state index in [1.807, 2.05) is 67.8 Å². The molecule has 1 heterocycles. The average molecular weight is 460 g/mol. The van der Waals surface area contributed by atoms with Crippen LogP contribution < -0.4 is 4.74 Å². The van der Waals surface area contributed by atoms with Crippen molar-refractivity contribution >= 4 is 33.2 Å². The second-order valence-electron chi connectivity index (χ2n) is 6.80. The molecule has 0 amide bonds. The third kappa shape index (κ3) is 4.62. The minimum atomic E-state index is -0.804. The van der Waals surface area contributed by atoms with E-state index in [0.717, 1.165) is 26.4 Å². The summed E-state index contributed by atoms with van der Waals surface area (Å²) in [6, 6.07) is 15.9. The molecule has 3 rings (SSSR count). The number of hydrogen-bond donors (Lipinski definition) is 0. The maximum atomic E-state index is 12.3. The molecule has 0 bridgehead atoms. The van der Waals surface area contributed by atoms with E-state index in [1.54, 1.807) is 6.92 Å². The van der Waals surface area contributed by atoms with Gasteiger partial charge in [0.25, 0.3) is 0 Å². The van der Waals surface area contributed by atoms with Crippen LogP contribution in [0.4, 0.5) is 0 Å². The van der Waals surface area contributed by atoms with Gasteiger partial charge in [-0.05, 0) is 44.5 Å². The Kier molecular flexibility index (Phi) is 6.52. The Morgan fingerprint density at radius 1 is 1.18 bits per heavy atom. The van der Waals surface area contributed by atoms with E-state index >= 15 is 0 Å². The maximum absolute atomic E-state index is 12.3. The quantitative estimate of drug-likeness (QED) is 0.407. The highest BCUT2D eigenvalue weighted by molar-refractivity contribution is 9.10. The first-order valence-corrected chi connectivity index (χ1v) is 10.7. The summed E-state index contributed by atoms with van der Waals surface area (Å²) >= 11 is 5.02. The van der Waals surface area contributed by atoms with Gasteiger partial charge < -0.3 is 9.47 Å². The van der Waals surface area contributed by atoms with E-state index in [4.69, 9.17) is 14.5 Å². The molecule has 0 spiro atoms. The largest absolute Gasteiger partial charge is 0.488 e. The zero-order valence-electron chi connectivity index (χ0n) is 16.1. The van der Waals surface area contributed by atoms with Crippen LogP contribution in [0.2, 0.25) is 0 Å². The van der Waals surface area contributed by atoms with Crippen molar-refractivity contribution in [1.29, 1.82) is 0 Å². The third-order valence-electron chi connectivity index (χ3n) is 4.34. The van der Waals surface area contributed by atoms with E-state index in [0.29, 0.717) is 18.9 Å². The van der Waals surface area contributed by atoms with Crippen molar-refractivity contribution in [2.24, 2.45) is 0 Å². The molecule has 0 aliphatic carbocycles. The molecular formula is C22H22BrNO3S. The van der Waals surface area contributed by atoms with Crippen LogP contribution in [0.1, 0.15) is 32.0 Å². The van der Waals surface area contributed by atoms with Gasteiger partial charge in [0, 0.05) is 9.85 Å². The highest BCUT2D eigenvalue weighted by Gasteiger charge is 2.34. The lowest BCUT2D eigenvalue weighted by Gasteiger charge is -2.19. The number of ether oxygens (including phenoxy) is 2. The van der Waals surface area contributed by atoms with E-state index in [9.17, 15) is 4.79 Å². The predicted molar refractivity (Wildman–Crippen MR) is 116 cm³/mol. The second kappa shape index (κ2) is 8.88. The maximum Gasteiger partial charge on any atom is 0.317 e. The predicted octanol–water partition coefficient (Wildman–Crippen LogP) is 5.99. The first kappa shape index (κ1) is 20.6. The molecule has 4 nitrogen and oxygen atoms in total. The van der Waals surface area contributed by atoms with E-state index in [-0.39, 0.29) is 5.97 Å². The molecule has 1 aromatic heterocycles. The molecule has 0 atom stereocenters. The van der Waals surface area contributed by atoms with Crippen LogP contribution in [0, 0.1) is 0 Å². The van der Waals surface area contributed by atoms with Gasteiger partial charge in [-0.2, -0.15) is 0 Å². The van der Waals surface area contributed by atoms with Gasteiger partial charge in [-0.15, -0.1) is 11.3 Å². The Hall–Kier alpha value is -2.18. The lowest BCUT2D eigenvalue weighted by atomic mass is 9.90. The van der Waals surface area contributed by atoms with Crippen molar-refractivity contribution in [2.45, 2.75) is 32.8 Å². The Morgan fingerprint density at radius 3 is 2.64 bits per heavy atom. The van der Waals surface area contributed by atoms with Crippen molar-refractivity contribution in [1.82, 2.24) is 4.98 Å². The van der Waals surface area contributed by atoms with E-state index < -0.39 is 5.41 Å². The minimum absolute atomic E-state index is 0.276. The SMILES string of the molecule is CCOC(=O)C(C)(C)c1csc(-c2cc(Br)ccc2OCc2ccccc2)n1. The Morgan fingerprint density at radius 2 is 1.93 bits per heavy atom. The second-order valence-corrected chi connectivity index (χ2v) is 8.57. The van der Waals surface area contributed by atoms with Gasteiger partial charge in [-0.1, -0.05) is 46.3 Å². The molecule has 0 aliphatic rings. The van der Waals surface area contributed by atoms with Crippen LogP contribution in [0.25, 0.3) is 10.6 Å². The molecule has 0 saturated heterocycles. The molecule has 0 radical (unpaired) electrons. The summed E-state index contributed by atoms with van der Waals surface area (Å²) in [6.45, 7) is 6.29. The van der Waals surface area contributed by atoms with Crippen LogP contribution in [-0.4, -0.2) is 17.6 Å². The first-order chi connectivity index (χ1) is 13.4. The third-order valence-corrected chi connectivity index (χ3v) is 5.71. The summed E-state index contributed by atoms with van der Waals surface area (Å²) in [6.07, 6.45) is 0. The molecule has 2 aromatic carbocycles. The number of nitrogens with zero attached hydrogens (tertiary/aromatic N) is 1. The number of hydrogen-bond acceptors (Lipinski definition) is 5. The smallest absolute Gasteiger partial charge is 0.317 e. The topological polar surface area (TPSA) is 48.4 Å². The number of carbonyl (C=O) groups is 1. The van der Waals surface area contributed by atoms with Crippen LogP contribution in [0.15, 0.2) is 58.4 Å². The summed E-state index contributed by atoms with van der Waals surface area (Å²) in [5.41, 5.74) is 1.88. The monoisotopic (exact) mass is 459 g/mol. The highest BCUT2D eigenvalue weighted by atomic mass is 79.9. The molecule has 28 heavy (non-hydrogen) atoms. The molecule has 0 N–H and O–H groups in total. The van der Waals surface area contributed by atoms with Gasteiger partial charge in [-0.3, -0.25) is 4.79 Å². The lowest BCUT2D eigenvalue weighted by molar-refractivity contribution is -0.148. The number of carbonyl (C=O) groups excluding carboxylic acids is 1. The Labute approximate surface area is 177 Å². The Bertz CT molecular complexity index is 953. The highest BCUT2D eigenvalue weighted by Crippen LogP contribution is 2.37. The van der Waals surface area contributed by atoms with Gasteiger partial charge in [-0.25, -0.2) is 4.98 Å². The van der Waals surface area contributed by atoms with Gasteiger partial charge in [0.05, 0.1) is 17.9 Å². The number of rotatable bonds is 7. The molecule has 146 valence electrons. The fourth-order valence-electron chi connectivity index (χ4n) is 2.63. The molecule has 0 saturated carbocycles. The number of thiazole rings is 1. The van der Waals surface area contributed by atoms with Gasteiger partial charge in [0.2, 0.25) is 0 Å². The fourth-order valence-corrected chi connectivity index (χ4v) is 4.00. The molecular weight excluding hydrogens is 438 g/mol. The fraction of sp³-hybridized carbons (Fsp3) is 0.273. The molecule has 0 unspecified atom stereocenters. The van der Waals surface area contributed by atoms with Crippen molar-refractivity contribution in [3.63, 3.8) is 0 Å². The van der Waals surface area contributed by atoms with Gasteiger partial charge in [0.1, 0.15) is 22.8 Å². The van der Waals surface area contributed by atoms with Crippen LogP contribution >= 0.6 is 27.3 Å². The first-order valence-electron chi connectivity index (χ1n) is 9.01. The zero-order chi connectivity index (χ0) is 20.1. The minimum Gasteiger partial charge on any atom is -0.488 e. The van der Waals surface area contributed by atoms with Crippen molar-refractivity contribution < 1.29 is 14.3 Å². The molecule has 3 aromatic rings. The van der Waals surface area contributed by atoms with Crippen molar-refractivity contribution in [3.8, 4) is 16.3 Å². The Balaban J connectivity index is 1.88. The normalized spacial score (nSPS) is 11.3. The van der Waals surface area contributed by atoms with Crippen LogP contribution in [0.3, 0.4) is 0 Å². The summed E-state index contributed by atoms with van der Waals surface area (Å²) in [7, 11) is 0. The summed E-state index contributed by atoms with van der Waals surface area (Å²) < 4.78 is 12.2. The van der Waals surface area contributed by atoms with Gasteiger partial charge in [0.15, 0.2) is 0 Å². The van der Waals surface area contributed by atoms with Gasteiger partial charge >= 0.3 is 5.97 Å². The summed E-state index contributed by atoms with van der Waals surface area (Å²) in [5, 5.41) is 2.71. The van der Waals surface area contributed by atoms with Crippen LogP contribution in [-0.2, 0) is 21.6 Å². The number of esters is 1. The standard InChI is InChI=1S/C22H22BrNO3S/c1-4-26-21(25)22(2,3)19-14-28-20(24-19)17-12-16(23)10-11-18(17)27-13-15-8-6-5-7-9-15/h5-12,14H,4,13H2,1-3H3. The van der Waals surface area contributed by atoms with Crippen LogP contribution in [0.5, 0.6) is 5.75 Å². The van der Waals surface area contributed by atoms with Crippen molar-refractivity contribution in [2.75, 3.05) is 6.61 Å². The summed E-state index contributed by atoms with van der Waals surface area (Å²) in [4.78, 5) is 17.0. The zero-order valence-corrected chi connectivity index (χ0v) is 18.5.